The Morgan fingerprint density at radius 2 is 2.30 bits per heavy atom. The number of hydrogen-bond donors (Lipinski definition) is 0. The summed E-state index contributed by atoms with van der Waals surface area (Å²) >= 11 is 3.46. The molecule has 0 aromatic carbocycles. The number of thioether (sulfide) groups is 1. The molecule has 3 rings (SSSR count). The largest absolute Gasteiger partial charge is 0.303 e. The first-order valence-electron chi connectivity index (χ1n) is 7.16. The van der Waals surface area contributed by atoms with E-state index in [1.54, 1.807) is 23.1 Å². The van der Waals surface area contributed by atoms with Crippen molar-refractivity contribution in [1.82, 2.24) is 19.7 Å². The Bertz CT molecular complexity index is 550. The monoisotopic (exact) mass is 308 g/mol. The number of thiazole rings is 1. The van der Waals surface area contributed by atoms with E-state index >= 15 is 0 Å². The third-order valence-corrected chi connectivity index (χ3v) is 5.83. The zero-order chi connectivity index (χ0) is 13.9. The minimum absolute atomic E-state index is 0.576. The van der Waals surface area contributed by atoms with Gasteiger partial charge in [0.2, 0.25) is 0 Å². The van der Waals surface area contributed by atoms with Crippen LogP contribution in [0.25, 0.3) is 0 Å². The maximum atomic E-state index is 4.37. The molecule has 1 aliphatic rings. The molecule has 0 aliphatic heterocycles. The molecular formula is C14H20N4S2. The lowest BCUT2D eigenvalue weighted by atomic mass is 9.87. The van der Waals surface area contributed by atoms with Crippen molar-refractivity contribution in [2.24, 2.45) is 5.92 Å². The van der Waals surface area contributed by atoms with Crippen LogP contribution in [-0.4, -0.2) is 19.7 Å². The first-order valence-corrected chi connectivity index (χ1v) is 9.03. The third kappa shape index (κ3) is 3.06. The molecule has 1 fully saturated rings. The van der Waals surface area contributed by atoms with E-state index in [9.17, 15) is 0 Å². The second-order valence-corrected chi connectivity index (χ2v) is 7.46. The lowest BCUT2D eigenvalue weighted by Crippen LogP contribution is -2.19. The summed E-state index contributed by atoms with van der Waals surface area (Å²) in [6.07, 6.45) is 7.05. The van der Waals surface area contributed by atoms with Gasteiger partial charge in [0.25, 0.3) is 0 Å². The van der Waals surface area contributed by atoms with Gasteiger partial charge >= 0.3 is 0 Å². The van der Waals surface area contributed by atoms with Crippen LogP contribution in [0.3, 0.4) is 0 Å². The number of rotatable bonds is 4. The van der Waals surface area contributed by atoms with Crippen LogP contribution in [0.15, 0.2) is 16.7 Å². The molecule has 4 nitrogen and oxygen atoms in total. The number of nitrogens with zero attached hydrogens (tertiary/aromatic N) is 4. The highest BCUT2D eigenvalue weighted by atomic mass is 32.2. The summed E-state index contributed by atoms with van der Waals surface area (Å²) in [5.41, 5.74) is 0. The maximum Gasteiger partial charge on any atom is 0.191 e. The number of hydrogen-bond acceptors (Lipinski definition) is 5. The summed E-state index contributed by atoms with van der Waals surface area (Å²) in [5.74, 6) is 2.75. The minimum atomic E-state index is 0.576. The zero-order valence-corrected chi connectivity index (χ0v) is 13.6. The van der Waals surface area contributed by atoms with Crippen LogP contribution in [0.4, 0.5) is 0 Å². The molecule has 2 aromatic rings. The molecule has 0 N–H and O–H groups in total. The Morgan fingerprint density at radius 3 is 3.05 bits per heavy atom. The summed E-state index contributed by atoms with van der Waals surface area (Å²) in [6.45, 7) is 4.42. The van der Waals surface area contributed by atoms with E-state index in [4.69, 9.17) is 0 Å². The summed E-state index contributed by atoms with van der Waals surface area (Å²) in [7, 11) is 0. The molecule has 2 aromatic heterocycles. The molecule has 0 radical (unpaired) electrons. The normalized spacial score (nSPS) is 23.1. The van der Waals surface area contributed by atoms with E-state index < -0.39 is 0 Å². The van der Waals surface area contributed by atoms with Crippen molar-refractivity contribution < 1.29 is 0 Å². The highest BCUT2D eigenvalue weighted by molar-refractivity contribution is 7.98. The number of aryl methyl sites for hydroxylation is 1. The second-order valence-electron chi connectivity index (χ2n) is 5.54. The summed E-state index contributed by atoms with van der Waals surface area (Å²) < 4.78 is 2.36. The standard InChI is InChI=1S/C14H20N4S2/c1-10-4-3-5-12(8-10)18-11(2)16-17-14(18)20-9-13-15-6-7-19-13/h6-7,10,12H,3-5,8-9H2,1-2H3. The molecular weight excluding hydrogens is 288 g/mol. The summed E-state index contributed by atoms with van der Waals surface area (Å²) in [4.78, 5) is 4.33. The average Bonchev–Trinajstić information content (AvgIpc) is 3.06. The Balaban J connectivity index is 1.74. The molecule has 2 unspecified atom stereocenters. The van der Waals surface area contributed by atoms with Gasteiger partial charge in [-0.05, 0) is 25.7 Å². The van der Waals surface area contributed by atoms with Crippen LogP contribution in [0.5, 0.6) is 0 Å². The van der Waals surface area contributed by atoms with Crippen molar-refractivity contribution in [3.63, 3.8) is 0 Å². The van der Waals surface area contributed by atoms with Gasteiger partial charge in [0.15, 0.2) is 5.16 Å². The van der Waals surface area contributed by atoms with Gasteiger partial charge in [0, 0.05) is 17.6 Å². The van der Waals surface area contributed by atoms with Crippen molar-refractivity contribution >= 4 is 23.1 Å². The topological polar surface area (TPSA) is 43.6 Å². The number of aromatic nitrogens is 4. The zero-order valence-electron chi connectivity index (χ0n) is 12.0. The molecule has 108 valence electrons. The quantitative estimate of drug-likeness (QED) is 0.798. The third-order valence-electron chi connectivity index (χ3n) is 3.92. The van der Waals surface area contributed by atoms with Crippen LogP contribution >= 0.6 is 23.1 Å². The summed E-state index contributed by atoms with van der Waals surface area (Å²) in [5, 5.41) is 12.9. The SMILES string of the molecule is Cc1nnc(SCc2nccs2)n1C1CCCC(C)C1. The van der Waals surface area contributed by atoms with E-state index in [1.807, 2.05) is 11.6 Å². The second kappa shape index (κ2) is 6.26. The highest BCUT2D eigenvalue weighted by Gasteiger charge is 2.24. The van der Waals surface area contributed by atoms with Gasteiger partial charge in [0.1, 0.15) is 10.8 Å². The van der Waals surface area contributed by atoms with E-state index in [0.717, 1.165) is 27.7 Å². The molecule has 0 saturated heterocycles. The molecule has 0 spiro atoms. The van der Waals surface area contributed by atoms with Gasteiger partial charge in [-0.25, -0.2) is 4.98 Å². The van der Waals surface area contributed by atoms with Gasteiger partial charge in [-0.3, -0.25) is 0 Å². The molecule has 2 heterocycles. The minimum Gasteiger partial charge on any atom is -0.303 e. The van der Waals surface area contributed by atoms with Gasteiger partial charge < -0.3 is 4.57 Å². The maximum absolute atomic E-state index is 4.37. The molecule has 1 saturated carbocycles. The Kier molecular flexibility index (Phi) is 4.41. The Hall–Kier alpha value is -0.880. The van der Waals surface area contributed by atoms with Crippen LogP contribution < -0.4 is 0 Å². The lowest BCUT2D eigenvalue weighted by molar-refractivity contribution is 0.268. The van der Waals surface area contributed by atoms with Gasteiger partial charge in [-0.15, -0.1) is 21.5 Å². The van der Waals surface area contributed by atoms with Crippen LogP contribution in [-0.2, 0) is 5.75 Å². The van der Waals surface area contributed by atoms with Crippen LogP contribution in [0, 0.1) is 12.8 Å². The molecule has 0 amide bonds. The van der Waals surface area contributed by atoms with E-state index in [0.29, 0.717) is 6.04 Å². The molecule has 20 heavy (non-hydrogen) atoms. The van der Waals surface area contributed by atoms with Crippen molar-refractivity contribution in [1.29, 1.82) is 0 Å². The van der Waals surface area contributed by atoms with Crippen molar-refractivity contribution in [2.75, 3.05) is 0 Å². The fraction of sp³-hybridized carbons (Fsp3) is 0.643. The highest BCUT2D eigenvalue weighted by Crippen LogP contribution is 2.35. The first kappa shape index (κ1) is 14.1. The van der Waals surface area contributed by atoms with E-state index in [-0.39, 0.29) is 0 Å². The van der Waals surface area contributed by atoms with Gasteiger partial charge in [-0.2, -0.15) is 0 Å². The van der Waals surface area contributed by atoms with Crippen LogP contribution in [0.1, 0.15) is 49.5 Å². The Labute approximate surface area is 128 Å². The van der Waals surface area contributed by atoms with Gasteiger partial charge in [-0.1, -0.05) is 31.5 Å². The predicted molar refractivity (Wildman–Crippen MR) is 83.1 cm³/mol. The van der Waals surface area contributed by atoms with Crippen molar-refractivity contribution in [3.05, 3.63) is 22.4 Å². The van der Waals surface area contributed by atoms with E-state index in [1.165, 1.54) is 25.7 Å². The van der Waals surface area contributed by atoms with Crippen molar-refractivity contribution in [3.8, 4) is 0 Å². The molecule has 2 atom stereocenters. The van der Waals surface area contributed by atoms with Gasteiger partial charge in [0.05, 0.1) is 5.75 Å². The molecule has 6 heteroatoms. The van der Waals surface area contributed by atoms with Crippen molar-refractivity contribution in [2.45, 2.75) is 56.5 Å². The molecule has 0 bridgehead atoms. The smallest absolute Gasteiger partial charge is 0.191 e. The van der Waals surface area contributed by atoms with E-state index in [2.05, 4.69) is 33.6 Å². The molecule has 1 aliphatic carbocycles. The lowest BCUT2D eigenvalue weighted by Gasteiger charge is -2.29. The fourth-order valence-corrected chi connectivity index (χ4v) is 4.65. The Morgan fingerprint density at radius 1 is 1.40 bits per heavy atom. The fourth-order valence-electron chi connectivity index (χ4n) is 2.96. The average molecular weight is 308 g/mol. The first-order chi connectivity index (χ1) is 9.74. The summed E-state index contributed by atoms with van der Waals surface area (Å²) in [6, 6.07) is 0.576. The predicted octanol–water partition coefficient (Wildman–Crippen LogP) is 4.09. The van der Waals surface area contributed by atoms with Crippen LogP contribution in [0.2, 0.25) is 0 Å².